The van der Waals surface area contributed by atoms with E-state index in [1.807, 2.05) is 30.3 Å². The topological polar surface area (TPSA) is 68.4 Å². The molecule has 3 N–H and O–H groups in total. The molecule has 2 rings (SSSR count). The Morgan fingerprint density at radius 1 is 1.33 bits per heavy atom. The maximum atomic E-state index is 9.07. The molecule has 2 aromatic rings. The van der Waals surface area contributed by atoms with Gasteiger partial charge in [-0.3, -0.25) is 4.98 Å². The van der Waals surface area contributed by atoms with Gasteiger partial charge < -0.3 is 15.6 Å². The zero-order chi connectivity index (χ0) is 13.0. The maximum absolute atomic E-state index is 9.07. The van der Waals surface area contributed by atoms with Gasteiger partial charge in [-0.15, -0.1) is 0 Å². The number of benzene rings is 1. The Bertz CT molecular complexity index is 521. The molecule has 18 heavy (non-hydrogen) atoms. The minimum atomic E-state index is -0.594. The summed E-state index contributed by atoms with van der Waals surface area (Å²) in [5.41, 5.74) is 6.17. The fraction of sp³-hybridized carbons (Fsp3) is 0.357. The largest absolute Gasteiger partial charge is 0.493 e. The second-order valence-electron chi connectivity index (χ2n) is 4.74. The second kappa shape index (κ2) is 5.33. The first-order valence-electron chi connectivity index (χ1n) is 5.99. The summed E-state index contributed by atoms with van der Waals surface area (Å²) >= 11 is 0. The molecule has 96 valence electrons. The number of hydrogen-bond acceptors (Lipinski definition) is 4. The first kappa shape index (κ1) is 12.8. The van der Waals surface area contributed by atoms with Crippen LogP contribution in [-0.2, 0) is 0 Å². The molecule has 0 radical (unpaired) electrons. The lowest BCUT2D eigenvalue weighted by molar-refractivity contribution is 0.175. The van der Waals surface area contributed by atoms with E-state index >= 15 is 0 Å². The highest BCUT2D eigenvalue weighted by Gasteiger charge is 2.16. The zero-order valence-electron chi connectivity index (χ0n) is 10.5. The van der Waals surface area contributed by atoms with Crippen molar-refractivity contribution < 1.29 is 9.84 Å². The average Bonchev–Trinajstić information content (AvgIpc) is 2.39. The lowest BCUT2D eigenvalue weighted by atomic mass is 10.0. The summed E-state index contributed by atoms with van der Waals surface area (Å²) in [5, 5.41) is 10.1. The Labute approximate surface area is 106 Å². The van der Waals surface area contributed by atoms with Crippen molar-refractivity contribution in [1.29, 1.82) is 0 Å². The van der Waals surface area contributed by atoms with Gasteiger partial charge in [0.2, 0.25) is 0 Å². The molecule has 0 bridgehead atoms. The van der Waals surface area contributed by atoms with Crippen molar-refractivity contribution in [3.8, 4) is 5.75 Å². The van der Waals surface area contributed by atoms with Crippen molar-refractivity contribution in [3.63, 3.8) is 0 Å². The minimum Gasteiger partial charge on any atom is -0.493 e. The first-order valence-corrected chi connectivity index (χ1v) is 5.99. The molecule has 0 aliphatic carbocycles. The van der Waals surface area contributed by atoms with Crippen LogP contribution in [0.1, 0.15) is 13.3 Å². The van der Waals surface area contributed by atoms with Gasteiger partial charge >= 0.3 is 0 Å². The molecular weight excluding hydrogens is 228 g/mol. The molecule has 0 aliphatic heterocycles. The highest BCUT2D eigenvalue weighted by Crippen LogP contribution is 2.24. The Kier molecular flexibility index (Phi) is 3.79. The fourth-order valence-corrected chi connectivity index (χ4v) is 1.67. The third kappa shape index (κ3) is 2.97. The predicted molar refractivity (Wildman–Crippen MR) is 71.5 cm³/mol. The molecule has 0 saturated carbocycles. The molecule has 1 aromatic carbocycles. The number of aliphatic hydroxyl groups excluding tert-OH is 1. The molecule has 1 heterocycles. The van der Waals surface area contributed by atoms with E-state index in [9.17, 15) is 0 Å². The summed E-state index contributed by atoms with van der Waals surface area (Å²) < 4.78 is 5.73. The fourth-order valence-electron chi connectivity index (χ4n) is 1.67. The van der Waals surface area contributed by atoms with Crippen molar-refractivity contribution >= 4 is 10.9 Å². The van der Waals surface area contributed by atoms with Crippen molar-refractivity contribution in [2.45, 2.75) is 18.9 Å². The van der Waals surface area contributed by atoms with Gasteiger partial charge in [0.25, 0.3) is 0 Å². The van der Waals surface area contributed by atoms with E-state index in [-0.39, 0.29) is 6.61 Å². The number of aromatic nitrogens is 1. The molecule has 1 unspecified atom stereocenters. The van der Waals surface area contributed by atoms with Crippen molar-refractivity contribution in [2.24, 2.45) is 5.73 Å². The molecule has 0 saturated heterocycles. The molecule has 1 atom stereocenters. The second-order valence-corrected chi connectivity index (χ2v) is 4.74. The maximum Gasteiger partial charge on any atom is 0.128 e. The van der Waals surface area contributed by atoms with Gasteiger partial charge in [-0.2, -0.15) is 0 Å². The normalized spacial score (nSPS) is 14.4. The van der Waals surface area contributed by atoms with Crippen LogP contribution in [0, 0.1) is 0 Å². The first-order chi connectivity index (χ1) is 8.62. The van der Waals surface area contributed by atoms with E-state index < -0.39 is 5.54 Å². The van der Waals surface area contributed by atoms with E-state index in [1.54, 1.807) is 13.1 Å². The van der Waals surface area contributed by atoms with Crippen LogP contribution in [0.5, 0.6) is 5.75 Å². The summed E-state index contributed by atoms with van der Waals surface area (Å²) in [7, 11) is 0. The molecule has 4 heteroatoms. The summed E-state index contributed by atoms with van der Waals surface area (Å²) in [4.78, 5) is 4.27. The van der Waals surface area contributed by atoms with E-state index in [4.69, 9.17) is 15.6 Å². The highest BCUT2D eigenvalue weighted by atomic mass is 16.5. The lowest BCUT2D eigenvalue weighted by Crippen LogP contribution is -2.41. The number of aliphatic hydroxyl groups is 1. The van der Waals surface area contributed by atoms with E-state index in [2.05, 4.69) is 4.98 Å². The van der Waals surface area contributed by atoms with Gasteiger partial charge in [0.15, 0.2) is 0 Å². The Balaban J connectivity index is 2.08. The van der Waals surface area contributed by atoms with Crippen LogP contribution in [0.25, 0.3) is 10.9 Å². The van der Waals surface area contributed by atoms with Gasteiger partial charge in [-0.25, -0.2) is 0 Å². The summed E-state index contributed by atoms with van der Waals surface area (Å²) in [6, 6.07) is 9.64. The van der Waals surface area contributed by atoms with Crippen LogP contribution in [0.4, 0.5) is 0 Å². The van der Waals surface area contributed by atoms with Crippen molar-refractivity contribution in [1.82, 2.24) is 4.98 Å². The predicted octanol–water partition coefficient (Wildman–Crippen LogP) is 1.71. The number of pyridine rings is 1. The Morgan fingerprint density at radius 2 is 2.17 bits per heavy atom. The third-order valence-electron chi connectivity index (χ3n) is 2.90. The van der Waals surface area contributed by atoms with E-state index in [1.165, 1.54) is 0 Å². The zero-order valence-corrected chi connectivity index (χ0v) is 10.5. The van der Waals surface area contributed by atoms with Gasteiger partial charge in [-0.05, 0) is 31.2 Å². The summed E-state index contributed by atoms with van der Waals surface area (Å²) in [6.45, 7) is 2.23. The van der Waals surface area contributed by atoms with Gasteiger partial charge in [0.1, 0.15) is 5.75 Å². The molecule has 0 fully saturated rings. The quantitative estimate of drug-likeness (QED) is 0.842. The molecule has 0 spiro atoms. The van der Waals surface area contributed by atoms with E-state index in [0.29, 0.717) is 13.0 Å². The molecule has 0 aliphatic rings. The number of nitrogens with zero attached hydrogens (tertiary/aromatic N) is 1. The molecule has 1 aromatic heterocycles. The van der Waals surface area contributed by atoms with Crippen LogP contribution in [0.2, 0.25) is 0 Å². The van der Waals surface area contributed by atoms with Crippen LogP contribution in [-0.4, -0.2) is 28.8 Å². The highest BCUT2D eigenvalue weighted by molar-refractivity contribution is 5.84. The van der Waals surface area contributed by atoms with Crippen LogP contribution >= 0.6 is 0 Å². The monoisotopic (exact) mass is 246 g/mol. The average molecular weight is 246 g/mol. The number of nitrogens with two attached hydrogens (primary N) is 1. The Hall–Kier alpha value is -1.65. The van der Waals surface area contributed by atoms with Crippen molar-refractivity contribution in [3.05, 3.63) is 36.5 Å². The lowest BCUT2D eigenvalue weighted by Gasteiger charge is -2.21. The molecule has 4 nitrogen and oxygen atoms in total. The summed E-state index contributed by atoms with van der Waals surface area (Å²) in [6.07, 6.45) is 2.36. The van der Waals surface area contributed by atoms with Gasteiger partial charge in [0, 0.05) is 23.5 Å². The van der Waals surface area contributed by atoms with E-state index in [0.717, 1.165) is 16.7 Å². The Morgan fingerprint density at radius 3 is 2.94 bits per heavy atom. The number of ether oxygens (including phenoxy) is 1. The SMILES string of the molecule is CC(N)(CO)CCOc1cccc2ncccc12. The molecular formula is C14H18N2O2. The molecule has 0 amide bonds. The number of rotatable bonds is 5. The minimum absolute atomic E-state index is 0.0482. The smallest absolute Gasteiger partial charge is 0.128 e. The number of fused-ring (bicyclic) bond motifs is 1. The number of hydrogen-bond donors (Lipinski definition) is 2. The third-order valence-corrected chi connectivity index (χ3v) is 2.90. The van der Waals surface area contributed by atoms with Gasteiger partial charge in [-0.1, -0.05) is 6.07 Å². The van der Waals surface area contributed by atoms with Crippen LogP contribution in [0.3, 0.4) is 0 Å². The van der Waals surface area contributed by atoms with Gasteiger partial charge in [0.05, 0.1) is 18.7 Å². The summed E-state index contributed by atoms with van der Waals surface area (Å²) in [5.74, 6) is 0.800. The standard InChI is InChI=1S/C14H18N2O2/c1-14(15,10-17)7-9-18-13-6-2-5-12-11(13)4-3-8-16-12/h2-6,8,17H,7,9-10,15H2,1H3. The van der Waals surface area contributed by atoms with Crippen LogP contribution < -0.4 is 10.5 Å². The van der Waals surface area contributed by atoms with Crippen LogP contribution in [0.15, 0.2) is 36.5 Å². The van der Waals surface area contributed by atoms with Crippen molar-refractivity contribution in [2.75, 3.05) is 13.2 Å².